The van der Waals surface area contributed by atoms with Gasteiger partial charge >= 0.3 is 0 Å². The predicted octanol–water partition coefficient (Wildman–Crippen LogP) is 5.39. The second-order valence-corrected chi connectivity index (χ2v) is 7.28. The van der Waals surface area contributed by atoms with Gasteiger partial charge in [0, 0.05) is 11.8 Å². The molecule has 0 unspecified atom stereocenters. The summed E-state index contributed by atoms with van der Waals surface area (Å²) in [6.07, 6.45) is 10.6. The smallest absolute Gasteiger partial charge is 0.164 e. The number of hydrogen-bond acceptors (Lipinski definition) is 3. The Bertz CT molecular complexity index is 676. The zero-order valence-corrected chi connectivity index (χ0v) is 14.9. The van der Waals surface area contributed by atoms with Crippen LogP contribution in [0, 0.1) is 23.2 Å². The van der Waals surface area contributed by atoms with Crippen LogP contribution in [0.1, 0.15) is 63.0 Å². The summed E-state index contributed by atoms with van der Waals surface area (Å²) in [5.74, 6) is 2.04. The molecule has 0 aromatic heterocycles. The third-order valence-corrected chi connectivity index (χ3v) is 5.63. The monoisotopic (exact) mass is 339 g/mol. The van der Waals surface area contributed by atoms with Gasteiger partial charge in [0.05, 0.1) is 18.2 Å². The molecule has 1 aliphatic heterocycles. The second kappa shape index (κ2) is 8.29. The fraction of sp³-hybridized carbons (Fsp3) is 0.524. The minimum Gasteiger partial charge on any atom is -0.236 e. The van der Waals surface area contributed by atoms with Crippen LogP contribution in [0.5, 0.6) is 0 Å². The Kier molecular flexibility index (Phi) is 5.86. The number of aliphatic imine (C=N–C) groups is 1. The van der Waals surface area contributed by atoms with E-state index in [1.807, 2.05) is 6.20 Å². The van der Waals surface area contributed by atoms with Crippen LogP contribution in [0.3, 0.4) is 0 Å². The molecule has 0 bridgehead atoms. The molecule has 132 valence electrons. The molecule has 0 spiro atoms. The van der Waals surface area contributed by atoms with Gasteiger partial charge in [0.15, 0.2) is 5.84 Å². The van der Waals surface area contributed by atoms with Crippen LogP contribution in [0.15, 0.2) is 41.0 Å². The van der Waals surface area contributed by atoms with Gasteiger partial charge in [0.25, 0.3) is 0 Å². The predicted molar refractivity (Wildman–Crippen MR) is 98.6 cm³/mol. The molecule has 4 heteroatoms. The third-order valence-electron chi connectivity index (χ3n) is 5.63. The number of nitriles is 1. The molecular weight excluding hydrogens is 313 g/mol. The van der Waals surface area contributed by atoms with Crippen LogP contribution in [-0.4, -0.2) is 17.5 Å². The maximum Gasteiger partial charge on any atom is 0.164 e. The average Bonchev–Trinajstić information content (AvgIpc) is 2.67. The van der Waals surface area contributed by atoms with Crippen molar-refractivity contribution in [3.8, 4) is 6.07 Å². The van der Waals surface area contributed by atoms with Crippen LogP contribution < -0.4 is 0 Å². The Balaban J connectivity index is 1.57. The van der Waals surface area contributed by atoms with Gasteiger partial charge in [0.2, 0.25) is 0 Å². The lowest BCUT2D eigenvalue weighted by atomic mass is 9.78. The van der Waals surface area contributed by atoms with Crippen molar-refractivity contribution in [3.63, 3.8) is 0 Å². The van der Waals surface area contributed by atoms with E-state index in [0.717, 1.165) is 35.4 Å². The molecule has 0 amide bonds. The summed E-state index contributed by atoms with van der Waals surface area (Å²) in [4.78, 5) is 4.33. The summed E-state index contributed by atoms with van der Waals surface area (Å²) in [5, 5.41) is 9.57. The summed E-state index contributed by atoms with van der Waals surface area (Å²) in [5.41, 5.74) is 2.34. The Hall–Kier alpha value is -2.15. The standard InChI is InChI=1S/C21H26FN3/c1-2-16-3-5-17(6-4-16)7-8-19-14-24-21(25(22)15-19)20-11-9-18(13-23)10-12-20/h9-12,14,16-17H,2-8,15H2,1H3/t16-,17-. The van der Waals surface area contributed by atoms with Gasteiger partial charge in [0.1, 0.15) is 0 Å². The minimum absolute atomic E-state index is 0.295. The maximum atomic E-state index is 14.4. The molecule has 1 saturated carbocycles. The number of rotatable bonds is 5. The molecule has 1 fully saturated rings. The van der Waals surface area contributed by atoms with Gasteiger partial charge in [-0.15, -0.1) is 0 Å². The first-order valence-corrected chi connectivity index (χ1v) is 9.39. The van der Waals surface area contributed by atoms with Gasteiger partial charge in [-0.05, 0) is 54.5 Å². The van der Waals surface area contributed by atoms with Crippen molar-refractivity contribution in [3.05, 3.63) is 47.2 Å². The van der Waals surface area contributed by atoms with Gasteiger partial charge < -0.3 is 0 Å². The zero-order valence-electron chi connectivity index (χ0n) is 14.9. The van der Waals surface area contributed by atoms with E-state index in [0.29, 0.717) is 23.5 Å². The number of hydrogen-bond donors (Lipinski definition) is 0. The van der Waals surface area contributed by atoms with E-state index in [4.69, 9.17) is 5.26 Å². The van der Waals surface area contributed by atoms with E-state index in [-0.39, 0.29) is 0 Å². The molecule has 0 saturated heterocycles. The summed E-state index contributed by atoms with van der Waals surface area (Å²) < 4.78 is 14.4. The highest BCUT2D eigenvalue weighted by Crippen LogP contribution is 2.34. The fourth-order valence-electron chi connectivity index (χ4n) is 3.88. The number of amidine groups is 1. The highest BCUT2D eigenvalue weighted by Gasteiger charge is 2.22. The number of benzene rings is 1. The van der Waals surface area contributed by atoms with Crippen molar-refractivity contribution >= 4 is 5.84 Å². The largest absolute Gasteiger partial charge is 0.236 e. The van der Waals surface area contributed by atoms with Crippen LogP contribution in [-0.2, 0) is 0 Å². The van der Waals surface area contributed by atoms with Gasteiger partial charge in [-0.3, -0.25) is 0 Å². The topological polar surface area (TPSA) is 39.4 Å². The van der Waals surface area contributed by atoms with Crippen molar-refractivity contribution in [2.75, 3.05) is 6.54 Å². The summed E-state index contributed by atoms with van der Waals surface area (Å²) in [6, 6.07) is 8.94. The maximum absolute atomic E-state index is 14.4. The lowest BCUT2D eigenvalue weighted by molar-refractivity contribution is 0.131. The Morgan fingerprint density at radius 2 is 1.84 bits per heavy atom. The zero-order chi connectivity index (χ0) is 17.6. The van der Waals surface area contributed by atoms with Gasteiger partial charge in [-0.2, -0.15) is 10.4 Å². The lowest BCUT2D eigenvalue weighted by Gasteiger charge is -2.28. The molecule has 1 aromatic carbocycles. The SMILES string of the molecule is CC[C@H]1CC[C@H](CCC2=CN=C(c3ccc(C#N)cc3)N(F)C2)CC1. The van der Waals surface area contributed by atoms with E-state index in [9.17, 15) is 4.48 Å². The van der Waals surface area contributed by atoms with E-state index >= 15 is 0 Å². The third kappa shape index (κ3) is 4.48. The Labute approximate surface area is 149 Å². The van der Waals surface area contributed by atoms with Crippen LogP contribution in [0.25, 0.3) is 0 Å². The highest BCUT2D eigenvalue weighted by atomic mass is 19.2. The quantitative estimate of drug-likeness (QED) is 0.675. The molecule has 1 heterocycles. The van der Waals surface area contributed by atoms with Gasteiger partial charge in [-0.25, -0.2) is 4.99 Å². The average molecular weight is 339 g/mol. The van der Waals surface area contributed by atoms with Crippen molar-refractivity contribution in [2.24, 2.45) is 16.8 Å². The molecule has 2 aliphatic rings. The molecule has 0 N–H and O–H groups in total. The Morgan fingerprint density at radius 3 is 2.44 bits per heavy atom. The summed E-state index contributed by atoms with van der Waals surface area (Å²) in [7, 11) is 0. The number of nitrogens with zero attached hydrogens (tertiary/aromatic N) is 3. The normalized spacial score (nSPS) is 23.6. The Morgan fingerprint density at radius 1 is 1.16 bits per heavy atom. The molecule has 3 nitrogen and oxygen atoms in total. The fourth-order valence-corrected chi connectivity index (χ4v) is 3.88. The second-order valence-electron chi connectivity index (χ2n) is 7.28. The van der Waals surface area contributed by atoms with Crippen molar-refractivity contribution in [1.82, 2.24) is 5.12 Å². The highest BCUT2D eigenvalue weighted by molar-refractivity contribution is 5.99. The molecule has 3 rings (SSSR count). The van der Waals surface area contributed by atoms with E-state index < -0.39 is 0 Å². The van der Waals surface area contributed by atoms with Crippen LogP contribution in [0.2, 0.25) is 0 Å². The van der Waals surface area contributed by atoms with E-state index in [1.165, 1.54) is 32.1 Å². The first-order valence-electron chi connectivity index (χ1n) is 9.39. The number of halogens is 1. The van der Waals surface area contributed by atoms with Gasteiger partial charge in [-0.1, -0.05) is 43.5 Å². The van der Waals surface area contributed by atoms with E-state index in [2.05, 4.69) is 18.0 Å². The molecule has 0 radical (unpaired) electrons. The minimum atomic E-state index is 0.295. The van der Waals surface area contributed by atoms with Crippen molar-refractivity contribution in [2.45, 2.75) is 51.9 Å². The lowest BCUT2D eigenvalue weighted by Crippen LogP contribution is -2.28. The van der Waals surface area contributed by atoms with Crippen LogP contribution >= 0.6 is 0 Å². The molecule has 25 heavy (non-hydrogen) atoms. The summed E-state index contributed by atoms with van der Waals surface area (Å²) in [6.45, 7) is 2.58. The molecule has 1 aliphatic carbocycles. The molecule has 1 aromatic rings. The first kappa shape index (κ1) is 17.7. The van der Waals surface area contributed by atoms with E-state index in [1.54, 1.807) is 24.3 Å². The summed E-state index contributed by atoms with van der Waals surface area (Å²) >= 11 is 0. The van der Waals surface area contributed by atoms with Crippen LogP contribution in [0.4, 0.5) is 4.48 Å². The molecular formula is C21H26FN3. The molecule has 0 atom stereocenters. The first-order chi connectivity index (χ1) is 12.2. The van der Waals surface area contributed by atoms with Crippen molar-refractivity contribution < 1.29 is 4.48 Å². The van der Waals surface area contributed by atoms with Crippen molar-refractivity contribution in [1.29, 1.82) is 5.26 Å².